The predicted molar refractivity (Wildman–Crippen MR) is 126 cm³/mol. The van der Waals surface area contributed by atoms with Crippen molar-refractivity contribution < 1.29 is 18.4 Å². The highest BCUT2D eigenvalue weighted by molar-refractivity contribution is 6.30. The van der Waals surface area contributed by atoms with Crippen LogP contribution in [-0.2, 0) is 9.53 Å². The van der Waals surface area contributed by atoms with Gasteiger partial charge >= 0.3 is 11.6 Å². The lowest BCUT2D eigenvalue weighted by Crippen LogP contribution is -2.37. The third-order valence-electron chi connectivity index (χ3n) is 5.36. The van der Waals surface area contributed by atoms with Crippen molar-refractivity contribution in [2.45, 2.75) is 12.8 Å². The Hall–Kier alpha value is -3.75. The van der Waals surface area contributed by atoms with Gasteiger partial charge in [-0.05, 0) is 48.4 Å². The van der Waals surface area contributed by atoms with Gasteiger partial charge in [-0.2, -0.15) is 4.98 Å². The fourth-order valence-corrected chi connectivity index (χ4v) is 4.20. The summed E-state index contributed by atoms with van der Waals surface area (Å²) in [6.07, 6.45) is 1.60. The monoisotopic (exact) mass is 497 g/mol. The van der Waals surface area contributed by atoms with E-state index in [2.05, 4.69) is 4.98 Å². The number of nitrogen functional groups attached to an aromatic ring is 1. The van der Waals surface area contributed by atoms with Crippen molar-refractivity contribution in [2.24, 2.45) is 0 Å². The second-order valence-electron chi connectivity index (χ2n) is 7.47. The molecule has 0 fully saturated rings. The Morgan fingerprint density at radius 3 is 2.41 bits per heavy atom. The number of halogens is 2. The zero-order valence-electron chi connectivity index (χ0n) is 17.7. The number of esters is 1. The maximum atomic E-state index is 13.2. The molecule has 0 radical (unpaired) electrons. The molecule has 1 atom stereocenters. The smallest absolute Gasteiger partial charge is 0.362 e. The summed E-state index contributed by atoms with van der Waals surface area (Å²) in [6.45, 7) is 1.81. The van der Waals surface area contributed by atoms with Gasteiger partial charge in [-0.3, -0.25) is 0 Å². The number of ether oxygens (including phenoxy) is 1. The number of anilines is 1. The molecule has 10 heteroatoms. The number of hydrogen-bond donors (Lipinski definition) is 1. The molecule has 172 valence electrons. The van der Waals surface area contributed by atoms with Gasteiger partial charge in [-0.25, -0.2) is 14.2 Å². The molecule has 1 aliphatic heterocycles. The Kier molecular flexibility index (Phi) is 5.55. The maximum Gasteiger partial charge on any atom is 0.362 e. The predicted octanol–water partition coefficient (Wildman–Crippen LogP) is 3.00. The molecule has 0 aliphatic carbocycles. The van der Waals surface area contributed by atoms with E-state index in [1.807, 2.05) is 0 Å². The van der Waals surface area contributed by atoms with Crippen molar-refractivity contribution in [1.29, 1.82) is 0 Å². The zero-order valence-corrected chi connectivity index (χ0v) is 19.3. The molecule has 0 spiro atoms. The number of carbonyl (C=O) groups is 1. The highest BCUT2D eigenvalue weighted by Crippen LogP contribution is 2.38. The molecule has 0 saturated carbocycles. The Morgan fingerprint density at radius 1 is 1.12 bits per heavy atom. The first-order chi connectivity index (χ1) is 16.4. The molecule has 4 aromatic rings. The van der Waals surface area contributed by atoms with Gasteiger partial charge in [0.25, 0.3) is 6.01 Å². The van der Waals surface area contributed by atoms with E-state index < -0.39 is 17.5 Å². The molecular weight excluding hydrogens is 481 g/mol. The van der Waals surface area contributed by atoms with Crippen LogP contribution in [0.1, 0.15) is 29.7 Å². The Labute approximate surface area is 202 Å². The van der Waals surface area contributed by atoms with E-state index in [4.69, 9.17) is 42.5 Å². The third-order valence-corrected chi connectivity index (χ3v) is 5.87. The molecule has 0 amide bonds. The molecule has 0 bridgehead atoms. The molecule has 2 aromatic heterocycles. The second kappa shape index (κ2) is 8.55. The number of nitrogens with two attached hydrogens (primary N) is 1. The molecule has 2 aromatic carbocycles. The normalized spacial score (nSPS) is 15.2. The van der Waals surface area contributed by atoms with E-state index in [9.17, 15) is 9.59 Å². The summed E-state index contributed by atoms with van der Waals surface area (Å²) in [5.74, 6) is -1.25. The molecule has 1 aliphatic rings. The van der Waals surface area contributed by atoms with Crippen molar-refractivity contribution in [3.63, 3.8) is 0 Å². The Bertz CT molecular complexity index is 1580. The van der Waals surface area contributed by atoms with Gasteiger partial charge in [-0.1, -0.05) is 47.5 Å². The fourth-order valence-electron chi connectivity index (χ4n) is 3.95. The van der Waals surface area contributed by atoms with Gasteiger partial charge in [0.05, 0.1) is 12.5 Å². The van der Waals surface area contributed by atoms with Crippen LogP contribution in [0.5, 0.6) is 0 Å². The standard InChI is InChI=1S/C24H17Cl2N3O5/c1-2-32-23(31)18-17(13-5-9-15(26)10-6-13)19-21(34-24(27)28-19)29-16(22(30)33-20(18)29)11-12-3-7-14(25)8-4-12/h3-11,17H,2H2,1H3,(H2,27,28)/b16-11+/t17-/m0/s1. The molecule has 8 nitrogen and oxygen atoms in total. The first-order valence-electron chi connectivity index (χ1n) is 10.3. The van der Waals surface area contributed by atoms with Crippen molar-refractivity contribution in [1.82, 2.24) is 9.55 Å². The third kappa shape index (κ3) is 3.70. The van der Waals surface area contributed by atoms with Gasteiger partial charge in [0.2, 0.25) is 11.4 Å². The number of oxazole rings is 2. The quantitative estimate of drug-likeness (QED) is 0.431. The van der Waals surface area contributed by atoms with Crippen molar-refractivity contribution >= 4 is 46.8 Å². The topological polar surface area (TPSA) is 113 Å². The molecule has 5 rings (SSSR count). The minimum atomic E-state index is -0.763. The Morgan fingerprint density at radius 2 is 1.76 bits per heavy atom. The highest BCUT2D eigenvalue weighted by Gasteiger charge is 2.39. The zero-order chi connectivity index (χ0) is 24.0. The molecule has 2 N–H and O–H groups in total. The lowest BCUT2D eigenvalue weighted by molar-refractivity contribution is -0.136. The fraction of sp³-hybridized carbons (Fsp3) is 0.125. The van der Waals surface area contributed by atoms with Crippen molar-refractivity contribution in [2.75, 3.05) is 12.3 Å². The average Bonchev–Trinajstić information content (AvgIpc) is 3.34. The van der Waals surface area contributed by atoms with Crippen LogP contribution in [-0.4, -0.2) is 22.1 Å². The van der Waals surface area contributed by atoms with E-state index in [1.54, 1.807) is 61.5 Å². The maximum absolute atomic E-state index is 13.2. The first kappa shape index (κ1) is 22.1. The number of aromatic nitrogens is 2. The molecule has 34 heavy (non-hydrogen) atoms. The van der Waals surface area contributed by atoms with Crippen LogP contribution >= 0.6 is 23.2 Å². The van der Waals surface area contributed by atoms with Gasteiger partial charge in [0.15, 0.2) is 0 Å². The lowest BCUT2D eigenvalue weighted by Gasteiger charge is -2.21. The molecule has 0 unspecified atom stereocenters. The van der Waals surface area contributed by atoms with Gasteiger partial charge in [-0.15, -0.1) is 0 Å². The summed E-state index contributed by atoms with van der Waals surface area (Å²) >= 11 is 12.0. The van der Waals surface area contributed by atoms with Gasteiger partial charge in [0.1, 0.15) is 16.6 Å². The Balaban J connectivity index is 1.88. The summed E-state index contributed by atoms with van der Waals surface area (Å²) in [6, 6.07) is 13.6. The van der Waals surface area contributed by atoms with Crippen LogP contribution in [0.3, 0.4) is 0 Å². The average molecular weight is 498 g/mol. The molecule has 3 heterocycles. The second-order valence-corrected chi connectivity index (χ2v) is 8.35. The largest absolute Gasteiger partial charge is 0.462 e. The van der Waals surface area contributed by atoms with E-state index >= 15 is 0 Å². The summed E-state index contributed by atoms with van der Waals surface area (Å²) in [5.41, 5.74) is 7.00. The molecular formula is C24H17Cl2N3O5. The van der Waals surface area contributed by atoms with E-state index in [0.717, 1.165) is 0 Å². The van der Waals surface area contributed by atoms with Crippen molar-refractivity contribution in [3.05, 3.63) is 96.7 Å². The minimum absolute atomic E-state index is 0.0211. The van der Waals surface area contributed by atoms with Crippen molar-refractivity contribution in [3.8, 4) is 5.88 Å². The lowest BCUT2D eigenvalue weighted by atomic mass is 9.87. The number of fused-ring (bicyclic) bond motifs is 3. The summed E-state index contributed by atoms with van der Waals surface area (Å²) in [7, 11) is 0. The SMILES string of the molecule is CCOC(=O)C1=c2oc(=O)/c(=C\c3ccc(Cl)cc3)n2-c2oc(N)nc2[C@H]1c1ccc(Cl)cc1. The van der Waals surface area contributed by atoms with Crippen LogP contribution in [0.2, 0.25) is 10.0 Å². The van der Waals surface area contributed by atoms with Crippen LogP contribution < -0.4 is 22.3 Å². The number of hydrogen-bond acceptors (Lipinski definition) is 7. The van der Waals surface area contributed by atoms with Crippen LogP contribution in [0.25, 0.3) is 17.5 Å². The summed E-state index contributed by atoms with van der Waals surface area (Å²) in [5, 5.41) is 1.19. The number of rotatable bonds is 4. The van der Waals surface area contributed by atoms with Crippen LogP contribution in [0.15, 0.2) is 62.2 Å². The summed E-state index contributed by atoms with van der Waals surface area (Å²) in [4.78, 5) is 30.5. The number of nitrogens with zero attached hydrogens (tertiary/aromatic N) is 2. The van der Waals surface area contributed by atoms with Gasteiger partial charge in [0, 0.05) is 10.0 Å². The number of carbonyl (C=O) groups excluding carboxylic acids is 1. The van der Waals surface area contributed by atoms with E-state index in [0.29, 0.717) is 26.9 Å². The van der Waals surface area contributed by atoms with Crippen LogP contribution in [0, 0.1) is 0 Å². The number of benzene rings is 2. The summed E-state index contributed by atoms with van der Waals surface area (Å²) < 4.78 is 18.0. The van der Waals surface area contributed by atoms with Gasteiger partial charge < -0.3 is 19.3 Å². The van der Waals surface area contributed by atoms with Crippen LogP contribution in [0.4, 0.5) is 6.01 Å². The highest BCUT2D eigenvalue weighted by atomic mass is 35.5. The minimum Gasteiger partial charge on any atom is -0.462 e. The van der Waals surface area contributed by atoms with E-state index in [-0.39, 0.29) is 35.0 Å². The van der Waals surface area contributed by atoms with E-state index in [1.165, 1.54) is 4.57 Å². The first-order valence-corrected chi connectivity index (χ1v) is 11.1. The molecule has 0 saturated heterocycles.